The van der Waals surface area contributed by atoms with E-state index in [1.165, 1.54) is 18.4 Å². The van der Waals surface area contributed by atoms with Crippen LogP contribution in [0.15, 0.2) is 54.6 Å². The molecular weight excluding hydrogens is 370 g/mol. The Labute approximate surface area is 179 Å². The fraction of sp³-hybridized carbons (Fsp3) is 0.385. The number of para-hydroxylation sites is 2. The molecule has 0 radical (unpaired) electrons. The number of nitrogens with one attached hydrogen (secondary N) is 2. The van der Waals surface area contributed by atoms with E-state index in [1.807, 2.05) is 42.5 Å². The second-order valence-electron chi connectivity index (χ2n) is 8.56. The minimum Gasteiger partial charge on any atom is -0.349 e. The van der Waals surface area contributed by atoms with Crippen molar-refractivity contribution in [2.24, 2.45) is 11.8 Å². The lowest BCUT2D eigenvalue weighted by Crippen LogP contribution is -2.43. The summed E-state index contributed by atoms with van der Waals surface area (Å²) in [5.74, 6) is 1.82. The van der Waals surface area contributed by atoms with Crippen molar-refractivity contribution in [2.45, 2.75) is 52.5 Å². The molecule has 3 atom stereocenters. The highest BCUT2D eigenvalue weighted by molar-refractivity contribution is 6.07. The molecule has 0 bridgehead atoms. The van der Waals surface area contributed by atoms with Crippen molar-refractivity contribution in [2.75, 3.05) is 5.32 Å². The number of aryl methyl sites for hydroxylation is 1. The third kappa shape index (κ3) is 4.18. The van der Waals surface area contributed by atoms with Crippen LogP contribution < -0.4 is 10.6 Å². The second-order valence-corrected chi connectivity index (χ2v) is 8.56. The van der Waals surface area contributed by atoms with E-state index >= 15 is 0 Å². The standard InChI is InChI=1S/C26H31N3O/c1-4-19-11-5-7-13-23(19)27-25-16-21(20-12-6-8-14-24(20)28-25)26(30)29-22-15-9-10-17(2)18(22)3/h5-8,11-14,16-18,22H,4,9-10,15H2,1-3H3,(H,27,28)(H,29,30). The molecule has 0 saturated heterocycles. The number of amides is 1. The zero-order valence-corrected chi connectivity index (χ0v) is 18.1. The summed E-state index contributed by atoms with van der Waals surface area (Å²) in [4.78, 5) is 18.1. The Morgan fingerprint density at radius 1 is 1.07 bits per heavy atom. The fourth-order valence-corrected chi connectivity index (χ4v) is 4.55. The number of anilines is 2. The number of hydrogen-bond donors (Lipinski definition) is 2. The average Bonchev–Trinajstić information content (AvgIpc) is 2.76. The SMILES string of the molecule is CCc1ccccc1Nc1cc(C(=O)NC2CCCC(C)C2C)c2ccccc2n1. The summed E-state index contributed by atoms with van der Waals surface area (Å²) in [6, 6.07) is 18.2. The molecule has 30 heavy (non-hydrogen) atoms. The highest BCUT2D eigenvalue weighted by atomic mass is 16.1. The maximum absolute atomic E-state index is 13.3. The van der Waals surface area contributed by atoms with Gasteiger partial charge in [-0.2, -0.15) is 0 Å². The lowest BCUT2D eigenvalue weighted by molar-refractivity contribution is 0.0892. The maximum atomic E-state index is 13.3. The van der Waals surface area contributed by atoms with Gasteiger partial charge in [0.25, 0.3) is 5.91 Å². The first-order valence-electron chi connectivity index (χ1n) is 11.1. The van der Waals surface area contributed by atoms with Gasteiger partial charge in [0, 0.05) is 17.1 Å². The molecule has 4 heteroatoms. The normalized spacial score (nSPS) is 21.4. The number of benzene rings is 2. The molecule has 156 valence electrons. The van der Waals surface area contributed by atoms with Gasteiger partial charge in [-0.1, -0.05) is 70.0 Å². The van der Waals surface area contributed by atoms with Gasteiger partial charge in [0.15, 0.2) is 0 Å². The van der Waals surface area contributed by atoms with Crippen LogP contribution in [-0.2, 0) is 6.42 Å². The van der Waals surface area contributed by atoms with Gasteiger partial charge < -0.3 is 10.6 Å². The number of rotatable bonds is 5. The van der Waals surface area contributed by atoms with Gasteiger partial charge in [0.2, 0.25) is 0 Å². The van der Waals surface area contributed by atoms with Crippen LogP contribution in [-0.4, -0.2) is 16.9 Å². The van der Waals surface area contributed by atoms with Crippen molar-refractivity contribution in [3.05, 3.63) is 65.7 Å². The number of aromatic nitrogens is 1. The molecule has 2 aromatic carbocycles. The molecule has 1 aliphatic carbocycles. The molecule has 3 unspecified atom stereocenters. The minimum atomic E-state index is -0.00798. The van der Waals surface area contributed by atoms with Gasteiger partial charge in [-0.25, -0.2) is 4.98 Å². The summed E-state index contributed by atoms with van der Waals surface area (Å²) in [6.45, 7) is 6.69. The molecule has 1 saturated carbocycles. The molecule has 3 aromatic rings. The van der Waals surface area contributed by atoms with Crippen LogP contribution in [0.1, 0.15) is 56.0 Å². The van der Waals surface area contributed by atoms with Crippen LogP contribution >= 0.6 is 0 Å². The molecule has 1 aliphatic rings. The van der Waals surface area contributed by atoms with Crippen LogP contribution in [0.5, 0.6) is 0 Å². The first kappa shape index (κ1) is 20.4. The Bertz CT molecular complexity index is 1050. The summed E-state index contributed by atoms with van der Waals surface area (Å²) in [6.07, 6.45) is 4.40. The summed E-state index contributed by atoms with van der Waals surface area (Å²) < 4.78 is 0. The minimum absolute atomic E-state index is 0.00798. The van der Waals surface area contributed by atoms with Gasteiger partial charge in [-0.15, -0.1) is 0 Å². The first-order valence-corrected chi connectivity index (χ1v) is 11.1. The van der Waals surface area contributed by atoms with Gasteiger partial charge >= 0.3 is 0 Å². The Balaban J connectivity index is 1.67. The zero-order valence-electron chi connectivity index (χ0n) is 18.1. The number of carbonyl (C=O) groups excluding carboxylic acids is 1. The van der Waals surface area contributed by atoms with E-state index in [0.29, 0.717) is 23.2 Å². The highest BCUT2D eigenvalue weighted by Gasteiger charge is 2.29. The van der Waals surface area contributed by atoms with Crippen LogP contribution in [0.3, 0.4) is 0 Å². The van der Waals surface area contributed by atoms with E-state index in [1.54, 1.807) is 0 Å². The molecule has 0 spiro atoms. The van der Waals surface area contributed by atoms with Crippen molar-refractivity contribution < 1.29 is 4.79 Å². The third-order valence-electron chi connectivity index (χ3n) is 6.65. The lowest BCUT2D eigenvalue weighted by Gasteiger charge is -2.34. The Kier molecular flexibility index (Phi) is 6.03. The largest absolute Gasteiger partial charge is 0.349 e. The molecule has 0 aliphatic heterocycles. The molecular formula is C26H31N3O. The van der Waals surface area contributed by atoms with Crippen LogP contribution in [0.2, 0.25) is 0 Å². The highest BCUT2D eigenvalue weighted by Crippen LogP contribution is 2.30. The third-order valence-corrected chi connectivity index (χ3v) is 6.65. The van der Waals surface area contributed by atoms with Crippen molar-refractivity contribution in [1.29, 1.82) is 0 Å². The molecule has 1 fully saturated rings. The molecule has 1 heterocycles. The van der Waals surface area contributed by atoms with Crippen molar-refractivity contribution in [3.8, 4) is 0 Å². The van der Waals surface area contributed by atoms with Gasteiger partial charge in [0.05, 0.1) is 11.1 Å². The van der Waals surface area contributed by atoms with E-state index in [4.69, 9.17) is 4.98 Å². The number of nitrogens with zero attached hydrogens (tertiary/aromatic N) is 1. The Morgan fingerprint density at radius 3 is 2.67 bits per heavy atom. The number of fused-ring (bicyclic) bond motifs is 1. The molecule has 1 aromatic heterocycles. The maximum Gasteiger partial charge on any atom is 0.252 e. The average molecular weight is 402 g/mol. The van der Waals surface area contributed by atoms with Crippen molar-refractivity contribution >= 4 is 28.3 Å². The van der Waals surface area contributed by atoms with Crippen molar-refractivity contribution in [3.63, 3.8) is 0 Å². The fourth-order valence-electron chi connectivity index (χ4n) is 4.55. The van der Waals surface area contributed by atoms with E-state index in [9.17, 15) is 4.79 Å². The van der Waals surface area contributed by atoms with E-state index in [2.05, 4.69) is 43.5 Å². The number of hydrogen-bond acceptors (Lipinski definition) is 3. The summed E-state index contributed by atoms with van der Waals surface area (Å²) >= 11 is 0. The van der Waals surface area contributed by atoms with E-state index in [0.717, 1.165) is 29.4 Å². The molecule has 2 N–H and O–H groups in total. The first-order chi connectivity index (χ1) is 14.6. The van der Waals surface area contributed by atoms with Gasteiger partial charge in [0.1, 0.15) is 5.82 Å². The predicted molar refractivity (Wildman–Crippen MR) is 124 cm³/mol. The quantitative estimate of drug-likeness (QED) is 0.543. The smallest absolute Gasteiger partial charge is 0.252 e. The number of carbonyl (C=O) groups is 1. The van der Waals surface area contributed by atoms with Crippen LogP contribution in [0, 0.1) is 11.8 Å². The summed E-state index contributed by atoms with van der Waals surface area (Å²) in [5.41, 5.74) is 3.77. The van der Waals surface area contributed by atoms with Crippen LogP contribution in [0.25, 0.3) is 10.9 Å². The second kappa shape index (κ2) is 8.86. The zero-order chi connectivity index (χ0) is 21.1. The topological polar surface area (TPSA) is 54.0 Å². The lowest BCUT2D eigenvalue weighted by atomic mass is 9.78. The Morgan fingerprint density at radius 2 is 1.83 bits per heavy atom. The van der Waals surface area contributed by atoms with E-state index in [-0.39, 0.29) is 11.9 Å². The molecule has 4 rings (SSSR count). The predicted octanol–water partition coefficient (Wildman–Crippen LogP) is 6.10. The van der Waals surface area contributed by atoms with Crippen LogP contribution in [0.4, 0.5) is 11.5 Å². The van der Waals surface area contributed by atoms with Gasteiger partial charge in [-0.3, -0.25) is 4.79 Å². The molecule has 1 amide bonds. The van der Waals surface area contributed by atoms with Gasteiger partial charge in [-0.05, 0) is 48.4 Å². The summed E-state index contributed by atoms with van der Waals surface area (Å²) in [7, 11) is 0. The van der Waals surface area contributed by atoms with E-state index < -0.39 is 0 Å². The van der Waals surface area contributed by atoms with Crippen molar-refractivity contribution in [1.82, 2.24) is 10.3 Å². The number of pyridine rings is 1. The molecule has 4 nitrogen and oxygen atoms in total. The Hall–Kier alpha value is -2.88. The summed E-state index contributed by atoms with van der Waals surface area (Å²) in [5, 5.41) is 7.66. The monoisotopic (exact) mass is 401 g/mol.